The molecular weight excluding hydrogens is 366 g/mol. The summed E-state index contributed by atoms with van der Waals surface area (Å²) in [7, 11) is 0. The number of amides is 2. The van der Waals surface area contributed by atoms with E-state index >= 15 is 0 Å². The second-order valence-corrected chi connectivity index (χ2v) is 7.54. The average molecular weight is 393 g/mol. The molecule has 2 aliphatic heterocycles. The molecule has 0 spiro atoms. The molecule has 6 heteroatoms. The lowest BCUT2D eigenvalue weighted by Crippen LogP contribution is -2.56. The van der Waals surface area contributed by atoms with Crippen LogP contribution in [0.3, 0.4) is 0 Å². The molecule has 0 saturated carbocycles. The summed E-state index contributed by atoms with van der Waals surface area (Å²) in [6.45, 7) is 4.36. The zero-order valence-electron chi connectivity index (χ0n) is 16.5. The third-order valence-corrected chi connectivity index (χ3v) is 5.62. The van der Waals surface area contributed by atoms with Gasteiger partial charge in [-0.05, 0) is 16.7 Å². The van der Waals surface area contributed by atoms with Crippen LogP contribution >= 0.6 is 0 Å². The van der Waals surface area contributed by atoms with E-state index in [1.807, 2.05) is 18.2 Å². The van der Waals surface area contributed by atoms with Crippen molar-refractivity contribution in [1.29, 1.82) is 0 Å². The molecule has 29 heavy (non-hydrogen) atoms. The molecule has 2 aliphatic rings. The van der Waals surface area contributed by atoms with Gasteiger partial charge in [0.15, 0.2) is 0 Å². The Hall–Kier alpha value is -2.70. The summed E-state index contributed by atoms with van der Waals surface area (Å²) in [4.78, 5) is 29.1. The molecule has 0 unspecified atom stereocenters. The molecule has 2 heterocycles. The molecule has 2 fully saturated rings. The Kier molecular flexibility index (Phi) is 6.22. The summed E-state index contributed by atoms with van der Waals surface area (Å²) in [5.41, 5.74) is 3.50. The third kappa shape index (κ3) is 4.83. The van der Waals surface area contributed by atoms with E-state index in [1.54, 1.807) is 4.90 Å². The van der Waals surface area contributed by atoms with Crippen molar-refractivity contribution in [3.05, 3.63) is 60.2 Å². The topological polar surface area (TPSA) is 61.9 Å². The van der Waals surface area contributed by atoms with Crippen molar-refractivity contribution in [3.8, 4) is 11.1 Å². The molecule has 0 aliphatic carbocycles. The lowest BCUT2D eigenvalue weighted by molar-refractivity contribution is -0.141. The monoisotopic (exact) mass is 393 g/mol. The summed E-state index contributed by atoms with van der Waals surface area (Å²) in [5, 5.41) is 2.91. The van der Waals surface area contributed by atoms with Crippen molar-refractivity contribution in [3.63, 3.8) is 0 Å². The fourth-order valence-corrected chi connectivity index (χ4v) is 3.95. The predicted octanol–water partition coefficient (Wildman–Crippen LogP) is 1.90. The largest absolute Gasteiger partial charge is 0.378 e. The summed E-state index contributed by atoms with van der Waals surface area (Å²) in [5.74, 6) is -0.0291. The molecule has 1 N–H and O–H groups in total. The summed E-state index contributed by atoms with van der Waals surface area (Å²) in [6, 6.07) is 18.3. The Balaban J connectivity index is 1.43. The number of nitrogens with zero attached hydrogens (tertiary/aromatic N) is 2. The highest BCUT2D eigenvalue weighted by atomic mass is 16.5. The summed E-state index contributed by atoms with van der Waals surface area (Å²) in [6.07, 6.45) is 0.216. The first-order chi connectivity index (χ1) is 14.2. The standard InChI is InChI=1S/C23H27N3O3/c27-22(25-12-14-29-15-13-25)16-21-23(28)24-10-11-26(21)17-18-6-8-20(9-7-18)19-4-2-1-3-5-19/h1-9,21H,10-17H2,(H,24,28)/t21-/m0/s1. The fourth-order valence-electron chi connectivity index (χ4n) is 3.95. The van der Waals surface area contributed by atoms with Gasteiger partial charge in [-0.15, -0.1) is 0 Å². The molecule has 6 nitrogen and oxygen atoms in total. The Morgan fingerprint density at radius 3 is 2.38 bits per heavy atom. The van der Waals surface area contributed by atoms with E-state index in [-0.39, 0.29) is 18.2 Å². The van der Waals surface area contributed by atoms with Crippen molar-refractivity contribution in [1.82, 2.24) is 15.1 Å². The van der Waals surface area contributed by atoms with Crippen LogP contribution < -0.4 is 5.32 Å². The van der Waals surface area contributed by atoms with Gasteiger partial charge in [0.05, 0.1) is 25.7 Å². The van der Waals surface area contributed by atoms with Crippen molar-refractivity contribution in [2.24, 2.45) is 0 Å². The maximum atomic E-state index is 12.7. The van der Waals surface area contributed by atoms with E-state index in [1.165, 1.54) is 11.1 Å². The van der Waals surface area contributed by atoms with Crippen molar-refractivity contribution >= 4 is 11.8 Å². The van der Waals surface area contributed by atoms with Gasteiger partial charge in [0, 0.05) is 32.7 Å². The Bertz CT molecular complexity index is 832. The highest BCUT2D eigenvalue weighted by Crippen LogP contribution is 2.21. The molecule has 1 atom stereocenters. The minimum Gasteiger partial charge on any atom is -0.378 e. The third-order valence-electron chi connectivity index (χ3n) is 5.62. The van der Waals surface area contributed by atoms with Crippen LogP contribution in [0.2, 0.25) is 0 Å². The van der Waals surface area contributed by atoms with Gasteiger partial charge < -0.3 is 15.0 Å². The van der Waals surface area contributed by atoms with Crippen LogP contribution in [0.5, 0.6) is 0 Å². The van der Waals surface area contributed by atoms with Crippen LogP contribution in [0.15, 0.2) is 54.6 Å². The second-order valence-electron chi connectivity index (χ2n) is 7.54. The number of rotatable bonds is 5. The Labute approximate surface area is 171 Å². The zero-order valence-corrected chi connectivity index (χ0v) is 16.5. The van der Waals surface area contributed by atoms with Gasteiger partial charge >= 0.3 is 0 Å². The molecule has 2 saturated heterocycles. The molecule has 0 bridgehead atoms. The zero-order chi connectivity index (χ0) is 20.1. The highest BCUT2D eigenvalue weighted by Gasteiger charge is 2.33. The van der Waals surface area contributed by atoms with E-state index in [2.05, 4.69) is 46.6 Å². The SMILES string of the molecule is O=C1NCCN(Cc2ccc(-c3ccccc3)cc2)[C@H]1CC(=O)N1CCOCC1. The highest BCUT2D eigenvalue weighted by molar-refractivity contribution is 5.88. The number of morpholine rings is 1. The lowest BCUT2D eigenvalue weighted by Gasteiger charge is -2.36. The van der Waals surface area contributed by atoms with E-state index in [9.17, 15) is 9.59 Å². The molecule has 0 aromatic heterocycles. The number of hydrogen-bond donors (Lipinski definition) is 1. The Morgan fingerprint density at radius 2 is 1.66 bits per heavy atom. The number of carbonyl (C=O) groups excluding carboxylic acids is 2. The van der Waals surface area contributed by atoms with Crippen molar-refractivity contribution in [2.45, 2.75) is 19.0 Å². The van der Waals surface area contributed by atoms with Crippen molar-refractivity contribution in [2.75, 3.05) is 39.4 Å². The molecular formula is C23H27N3O3. The van der Waals surface area contributed by atoms with Gasteiger partial charge in [-0.3, -0.25) is 14.5 Å². The predicted molar refractivity (Wildman–Crippen MR) is 111 cm³/mol. The van der Waals surface area contributed by atoms with Crippen LogP contribution in [-0.2, 0) is 20.9 Å². The number of carbonyl (C=O) groups is 2. The smallest absolute Gasteiger partial charge is 0.237 e. The van der Waals surface area contributed by atoms with E-state index < -0.39 is 6.04 Å². The Morgan fingerprint density at radius 1 is 0.966 bits per heavy atom. The van der Waals surface area contributed by atoms with Gasteiger partial charge in [0.1, 0.15) is 0 Å². The van der Waals surface area contributed by atoms with Crippen LogP contribution in [0.25, 0.3) is 11.1 Å². The molecule has 2 aromatic carbocycles. The number of piperazine rings is 1. The van der Waals surface area contributed by atoms with Gasteiger partial charge in [-0.25, -0.2) is 0 Å². The molecule has 2 aromatic rings. The minimum atomic E-state index is -0.423. The van der Waals surface area contributed by atoms with Gasteiger partial charge in [0.2, 0.25) is 11.8 Å². The maximum Gasteiger partial charge on any atom is 0.237 e. The van der Waals surface area contributed by atoms with Gasteiger partial charge in [0.25, 0.3) is 0 Å². The van der Waals surface area contributed by atoms with Crippen LogP contribution in [0.4, 0.5) is 0 Å². The summed E-state index contributed by atoms with van der Waals surface area (Å²) < 4.78 is 5.32. The first-order valence-corrected chi connectivity index (χ1v) is 10.2. The van der Waals surface area contributed by atoms with E-state index in [4.69, 9.17) is 4.74 Å². The minimum absolute atomic E-state index is 0.0276. The number of benzene rings is 2. The number of ether oxygens (including phenoxy) is 1. The van der Waals surface area contributed by atoms with Crippen molar-refractivity contribution < 1.29 is 14.3 Å². The second kappa shape index (κ2) is 9.20. The lowest BCUT2D eigenvalue weighted by atomic mass is 10.0. The summed E-state index contributed by atoms with van der Waals surface area (Å²) >= 11 is 0. The van der Waals surface area contributed by atoms with Crippen LogP contribution in [-0.4, -0.2) is 67.0 Å². The van der Waals surface area contributed by atoms with Crippen LogP contribution in [0.1, 0.15) is 12.0 Å². The maximum absolute atomic E-state index is 12.7. The first kappa shape index (κ1) is 19.6. The molecule has 2 amide bonds. The fraction of sp³-hybridized carbons (Fsp3) is 0.391. The molecule has 152 valence electrons. The molecule has 4 rings (SSSR count). The van der Waals surface area contributed by atoms with Crippen LogP contribution in [0, 0.1) is 0 Å². The molecule has 0 radical (unpaired) electrons. The average Bonchev–Trinajstić information content (AvgIpc) is 2.78. The van der Waals surface area contributed by atoms with E-state index in [0.29, 0.717) is 39.4 Å². The van der Waals surface area contributed by atoms with Gasteiger partial charge in [-0.1, -0.05) is 54.6 Å². The number of hydrogen-bond acceptors (Lipinski definition) is 4. The number of nitrogens with one attached hydrogen (secondary N) is 1. The quantitative estimate of drug-likeness (QED) is 0.843. The first-order valence-electron chi connectivity index (χ1n) is 10.2. The normalized spacial score (nSPS) is 20.3. The van der Waals surface area contributed by atoms with E-state index in [0.717, 1.165) is 12.1 Å². The van der Waals surface area contributed by atoms with Gasteiger partial charge in [-0.2, -0.15) is 0 Å².